The summed E-state index contributed by atoms with van der Waals surface area (Å²) in [6, 6.07) is 0. The SMILES string of the molecule is CCn1cnnc1CC(C)CN. The van der Waals surface area contributed by atoms with Crippen LogP contribution in [0.1, 0.15) is 19.7 Å². The summed E-state index contributed by atoms with van der Waals surface area (Å²) in [6.45, 7) is 5.84. The normalized spacial score (nSPS) is 13.2. The number of rotatable bonds is 4. The molecule has 1 unspecified atom stereocenters. The van der Waals surface area contributed by atoms with Crippen LogP contribution in [0.2, 0.25) is 0 Å². The lowest BCUT2D eigenvalue weighted by Gasteiger charge is -2.07. The van der Waals surface area contributed by atoms with Gasteiger partial charge in [0.15, 0.2) is 0 Å². The van der Waals surface area contributed by atoms with Gasteiger partial charge < -0.3 is 10.3 Å². The highest BCUT2D eigenvalue weighted by Crippen LogP contribution is 2.03. The monoisotopic (exact) mass is 168 g/mol. The summed E-state index contributed by atoms with van der Waals surface area (Å²) in [7, 11) is 0. The lowest BCUT2D eigenvalue weighted by molar-refractivity contribution is 0.549. The minimum Gasteiger partial charge on any atom is -0.330 e. The Bertz CT molecular complexity index is 231. The maximum Gasteiger partial charge on any atom is 0.133 e. The van der Waals surface area contributed by atoms with E-state index in [4.69, 9.17) is 5.73 Å². The summed E-state index contributed by atoms with van der Waals surface area (Å²) < 4.78 is 2.05. The molecule has 0 bridgehead atoms. The maximum atomic E-state index is 5.52. The molecule has 0 aromatic carbocycles. The van der Waals surface area contributed by atoms with Crippen LogP contribution in [0.25, 0.3) is 0 Å². The highest BCUT2D eigenvalue weighted by Gasteiger charge is 2.06. The average Bonchev–Trinajstić information content (AvgIpc) is 2.51. The molecule has 4 heteroatoms. The van der Waals surface area contributed by atoms with Gasteiger partial charge in [0.25, 0.3) is 0 Å². The second-order valence-corrected chi connectivity index (χ2v) is 3.08. The summed E-state index contributed by atoms with van der Waals surface area (Å²) >= 11 is 0. The van der Waals surface area contributed by atoms with Crippen molar-refractivity contribution in [3.63, 3.8) is 0 Å². The standard InChI is InChI=1S/C8H16N4/c1-3-12-6-10-11-8(12)4-7(2)5-9/h6-7H,3-5,9H2,1-2H3. The van der Waals surface area contributed by atoms with E-state index in [2.05, 4.69) is 24.0 Å². The number of aromatic nitrogens is 3. The molecule has 1 aromatic heterocycles. The Morgan fingerprint density at radius 1 is 1.67 bits per heavy atom. The molecule has 0 aliphatic carbocycles. The van der Waals surface area contributed by atoms with E-state index in [1.807, 2.05) is 4.57 Å². The Morgan fingerprint density at radius 3 is 3.00 bits per heavy atom. The summed E-state index contributed by atoms with van der Waals surface area (Å²) in [4.78, 5) is 0. The van der Waals surface area contributed by atoms with Gasteiger partial charge in [-0.3, -0.25) is 0 Å². The van der Waals surface area contributed by atoms with E-state index in [1.54, 1.807) is 6.33 Å². The first kappa shape index (κ1) is 9.19. The molecule has 2 N–H and O–H groups in total. The topological polar surface area (TPSA) is 56.7 Å². The molecule has 0 fully saturated rings. The van der Waals surface area contributed by atoms with Gasteiger partial charge in [-0.1, -0.05) is 6.92 Å². The Hall–Kier alpha value is -0.900. The predicted molar refractivity (Wildman–Crippen MR) is 47.6 cm³/mol. The quantitative estimate of drug-likeness (QED) is 0.709. The molecule has 0 spiro atoms. The molecule has 0 radical (unpaired) electrons. The summed E-state index contributed by atoms with van der Waals surface area (Å²) in [5.74, 6) is 1.52. The molecular weight excluding hydrogens is 152 g/mol. The van der Waals surface area contributed by atoms with Crippen molar-refractivity contribution < 1.29 is 0 Å². The van der Waals surface area contributed by atoms with E-state index in [9.17, 15) is 0 Å². The smallest absolute Gasteiger partial charge is 0.133 e. The minimum absolute atomic E-state index is 0.486. The van der Waals surface area contributed by atoms with Crippen molar-refractivity contribution in [1.29, 1.82) is 0 Å². The zero-order valence-corrected chi connectivity index (χ0v) is 7.70. The molecule has 68 valence electrons. The number of aryl methyl sites for hydroxylation is 1. The third-order valence-electron chi connectivity index (χ3n) is 1.97. The maximum absolute atomic E-state index is 5.52. The van der Waals surface area contributed by atoms with Crippen LogP contribution in [0.5, 0.6) is 0 Å². The Labute approximate surface area is 72.8 Å². The number of hydrogen-bond donors (Lipinski definition) is 1. The molecule has 1 heterocycles. The largest absolute Gasteiger partial charge is 0.330 e. The Morgan fingerprint density at radius 2 is 2.42 bits per heavy atom. The molecular formula is C8H16N4. The minimum atomic E-state index is 0.486. The van der Waals surface area contributed by atoms with Gasteiger partial charge in [0.2, 0.25) is 0 Å². The van der Waals surface area contributed by atoms with Gasteiger partial charge in [0.05, 0.1) is 0 Å². The van der Waals surface area contributed by atoms with Crippen molar-refractivity contribution in [2.75, 3.05) is 6.54 Å². The second kappa shape index (κ2) is 4.21. The van der Waals surface area contributed by atoms with Crippen LogP contribution < -0.4 is 5.73 Å². The van der Waals surface area contributed by atoms with Gasteiger partial charge in [-0.05, 0) is 19.4 Å². The van der Waals surface area contributed by atoms with Gasteiger partial charge in [0.1, 0.15) is 12.2 Å². The summed E-state index contributed by atoms with van der Waals surface area (Å²) in [6.07, 6.45) is 2.68. The van der Waals surface area contributed by atoms with Crippen LogP contribution in [0, 0.1) is 5.92 Å². The third-order valence-corrected chi connectivity index (χ3v) is 1.97. The molecule has 1 rings (SSSR count). The lowest BCUT2D eigenvalue weighted by atomic mass is 10.1. The average molecular weight is 168 g/mol. The van der Waals surface area contributed by atoms with Crippen LogP contribution in [0.3, 0.4) is 0 Å². The highest BCUT2D eigenvalue weighted by molar-refractivity contribution is 4.87. The van der Waals surface area contributed by atoms with Crippen LogP contribution in [0.4, 0.5) is 0 Å². The van der Waals surface area contributed by atoms with E-state index < -0.39 is 0 Å². The first-order valence-electron chi connectivity index (χ1n) is 4.34. The molecule has 0 saturated carbocycles. The van der Waals surface area contributed by atoms with E-state index in [0.29, 0.717) is 12.5 Å². The number of nitrogens with two attached hydrogens (primary N) is 1. The van der Waals surface area contributed by atoms with E-state index in [0.717, 1.165) is 18.8 Å². The van der Waals surface area contributed by atoms with Gasteiger partial charge in [-0.2, -0.15) is 0 Å². The molecule has 0 aliphatic rings. The molecule has 0 amide bonds. The van der Waals surface area contributed by atoms with E-state index in [1.165, 1.54) is 0 Å². The Balaban J connectivity index is 2.61. The van der Waals surface area contributed by atoms with Crippen LogP contribution >= 0.6 is 0 Å². The molecule has 0 aliphatic heterocycles. The van der Waals surface area contributed by atoms with Gasteiger partial charge in [-0.15, -0.1) is 10.2 Å². The summed E-state index contributed by atoms with van der Waals surface area (Å²) in [5.41, 5.74) is 5.52. The van der Waals surface area contributed by atoms with Gasteiger partial charge in [-0.25, -0.2) is 0 Å². The first-order valence-corrected chi connectivity index (χ1v) is 4.34. The lowest BCUT2D eigenvalue weighted by Crippen LogP contribution is -2.15. The fourth-order valence-electron chi connectivity index (χ4n) is 1.10. The fourth-order valence-corrected chi connectivity index (χ4v) is 1.10. The van der Waals surface area contributed by atoms with Crippen molar-refractivity contribution in [2.24, 2.45) is 11.7 Å². The zero-order valence-electron chi connectivity index (χ0n) is 7.70. The van der Waals surface area contributed by atoms with Crippen molar-refractivity contribution in [2.45, 2.75) is 26.8 Å². The second-order valence-electron chi connectivity index (χ2n) is 3.08. The molecule has 0 saturated heterocycles. The number of hydrogen-bond acceptors (Lipinski definition) is 3. The van der Waals surface area contributed by atoms with Crippen molar-refractivity contribution in [3.05, 3.63) is 12.2 Å². The van der Waals surface area contributed by atoms with Crippen molar-refractivity contribution in [3.8, 4) is 0 Å². The third kappa shape index (κ3) is 2.04. The Kier molecular flexibility index (Phi) is 3.22. The van der Waals surface area contributed by atoms with Crippen molar-refractivity contribution >= 4 is 0 Å². The van der Waals surface area contributed by atoms with Crippen LogP contribution in [-0.2, 0) is 13.0 Å². The molecule has 1 aromatic rings. The number of nitrogens with zero attached hydrogens (tertiary/aromatic N) is 3. The molecule has 4 nitrogen and oxygen atoms in total. The van der Waals surface area contributed by atoms with Crippen LogP contribution in [-0.4, -0.2) is 21.3 Å². The van der Waals surface area contributed by atoms with Gasteiger partial charge >= 0.3 is 0 Å². The first-order chi connectivity index (χ1) is 5.77. The fraction of sp³-hybridized carbons (Fsp3) is 0.750. The highest BCUT2D eigenvalue weighted by atomic mass is 15.3. The van der Waals surface area contributed by atoms with E-state index in [-0.39, 0.29) is 0 Å². The summed E-state index contributed by atoms with van der Waals surface area (Å²) in [5, 5.41) is 7.88. The predicted octanol–water partition coefficient (Wildman–Crippen LogP) is 0.435. The zero-order chi connectivity index (χ0) is 8.97. The molecule has 12 heavy (non-hydrogen) atoms. The molecule has 1 atom stereocenters. The van der Waals surface area contributed by atoms with E-state index >= 15 is 0 Å². The van der Waals surface area contributed by atoms with Gasteiger partial charge in [0, 0.05) is 13.0 Å². The van der Waals surface area contributed by atoms with Crippen molar-refractivity contribution in [1.82, 2.24) is 14.8 Å². The van der Waals surface area contributed by atoms with Crippen LogP contribution in [0.15, 0.2) is 6.33 Å².